The van der Waals surface area contributed by atoms with E-state index in [0.29, 0.717) is 17.3 Å². The molecule has 14 heavy (non-hydrogen) atoms. The van der Waals surface area contributed by atoms with Crippen LogP contribution in [0, 0.1) is 17.3 Å². The second-order valence-corrected chi connectivity index (χ2v) is 5.96. The zero-order chi connectivity index (χ0) is 9.97. The molecule has 0 radical (unpaired) electrons. The SMILES string of the molecule is CC1(O)CC23CCCC(O)C2CCC13. The highest BCUT2D eigenvalue weighted by Crippen LogP contribution is 2.69. The van der Waals surface area contributed by atoms with Crippen LogP contribution in [0.15, 0.2) is 0 Å². The molecule has 80 valence electrons. The first kappa shape index (κ1) is 9.17. The molecule has 3 aliphatic carbocycles. The standard InChI is InChI=1S/C12H20O2/c1-11(14)7-12-6-2-3-9(13)8(12)4-5-10(11)12/h8-10,13-14H,2-7H2,1H3. The molecule has 3 saturated carbocycles. The number of rotatable bonds is 0. The number of hydrogen-bond acceptors (Lipinski definition) is 2. The van der Waals surface area contributed by atoms with Gasteiger partial charge in [-0.3, -0.25) is 0 Å². The van der Waals surface area contributed by atoms with E-state index in [-0.39, 0.29) is 6.10 Å². The van der Waals surface area contributed by atoms with Crippen LogP contribution in [0.2, 0.25) is 0 Å². The lowest BCUT2D eigenvalue weighted by Crippen LogP contribution is -2.61. The molecule has 0 aromatic carbocycles. The summed E-state index contributed by atoms with van der Waals surface area (Å²) in [7, 11) is 0. The van der Waals surface area contributed by atoms with Crippen molar-refractivity contribution in [2.24, 2.45) is 17.3 Å². The first-order valence-corrected chi connectivity index (χ1v) is 5.97. The number of aliphatic hydroxyl groups excluding tert-OH is 1. The van der Waals surface area contributed by atoms with E-state index in [1.165, 1.54) is 6.42 Å². The average Bonchev–Trinajstić information content (AvgIpc) is 2.40. The molecule has 0 aliphatic heterocycles. The Morgan fingerprint density at radius 2 is 2.00 bits per heavy atom. The highest BCUT2D eigenvalue weighted by Gasteiger charge is 2.67. The number of aliphatic hydroxyl groups is 2. The van der Waals surface area contributed by atoms with Gasteiger partial charge in [0.15, 0.2) is 0 Å². The monoisotopic (exact) mass is 196 g/mol. The van der Waals surface area contributed by atoms with Crippen molar-refractivity contribution in [3.63, 3.8) is 0 Å². The summed E-state index contributed by atoms with van der Waals surface area (Å²) in [6.07, 6.45) is 6.52. The maximum Gasteiger partial charge on any atom is 0.0658 e. The van der Waals surface area contributed by atoms with Crippen LogP contribution in [0.25, 0.3) is 0 Å². The molecule has 5 atom stereocenters. The topological polar surface area (TPSA) is 40.5 Å². The minimum atomic E-state index is -0.425. The fraction of sp³-hybridized carbons (Fsp3) is 1.00. The predicted octanol–water partition coefficient (Wildman–Crippen LogP) is 1.70. The van der Waals surface area contributed by atoms with E-state index in [4.69, 9.17) is 0 Å². The van der Waals surface area contributed by atoms with E-state index in [0.717, 1.165) is 32.1 Å². The summed E-state index contributed by atoms with van der Waals surface area (Å²) in [6.45, 7) is 1.98. The third kappa shape index (κ3) is 0.892. The van der Waals surface area contributed by atoms with Gasteiger partial charge in [0.05, 0.1) is 11.7 Å². The van der Waals surface area contributed by atoms with Crippen molar-refractivity contribution in [1.82, 2.24) is 0 Å². The maximum absolute atomic E-state index is 10.1. The van der Waals surface area contributed by atoms with Gasteiger partial charge in [-0.25, -0.2) is 0 Å². The van der Waals surface area contributed by atoms with Gasteiger partial charge in [-0.05, 0) is 56.3 Å². The number of hydrogen-bond donors (Lipinski definition) is 2. The molecule has 0 amide bonds. The fourth-order valence-electron chi connectivity index (χ4n) is 4.89. The Hall–Kier alpha value is -0.0800. The van der Waals surface area contributed by atoms with Crippen molar-refractivity contribution in [3.05, 3.63) is 0 Å². The van der Waals surface area contributed by atoms with E-state index in [9.17, 15) is 10.2 Å². The Labute approximate surface area is 85.3 Å². The van der Waals surface area contributed by atoms with Gasteiger partial charge in [0.2, 0.25) is 0 Å². The molecule has 0 aromatic rings. The second kappa shape index (κ2) is 2.53. The van der Waals surface area contributed by atoms with Crippen molar-refractivity contribution in [3.8, 4) is 0 Å². The summed E-state index contributed by atoms with van der Waals surface area (Å²) in [6, 6.07) is 0. The molecule has 0 aromatic heterocycles. The highest BCUT2D eigenvalue weighted by atomic mass is 16.3. The van der Waals surface area contributed by atoms with Crippen LogP contribution in [0.4, 0.5) is 0 Å². The molecule has 0 bridgehead atoms. The average molecular weight is 196 g/mol. The Kier molecular flexibility index (Phi) is 1.66. The summed E-state index contributed by atoms with van der Waals surface area (Å²) in [5.74, 6) is 0.983. The molecule has 1 spiro atoms. The lowest BCUT2D eigenvalue weighted by molar-refractivity contribution is -0.207. The molecule has 5 unspecified atom stereocenters. The van der Waals surface area contributed by atoms with E-state index in [1.807, 2.05) is 6.92 Å². The van der Waals surface area contributed by atoms with Gasteiger partial charge in [0, 0.05) is 0 Å². The molecule has 2 nitrogen and oxygen atoms in total. The smallest absolute Gasteiger partial charge is 0.0658 e. The van der Waals surface area contributed by atoms with E-state index >= 15 is 0 Å². The van der Waals surface area contributed by atoms with Gasteiger partial charge in [0.1, 0.15) is 0 Å². The first-order chi connectivity index (χ1) is 6.56. The summed E-state index contributed by atoms with van der Waals surface area (Å²) >= 11 is 0. The van der Waals surface area contributed by atoms with E-state index in [1.54, 1.807) is 0 Å². The molecule has 0 saturated heterocycles. The lowest BCUT2D eigenvalue weighted by atomic mass is 9.47. The summed E-state index contributed by atoms with van der Waals surface area (Å²) < 4.78 is 0. The van der Waals surface area contributed by atoms with E-state index in [2.05, 4.69) is 0 Å². The summed E-state index contributed by atoms with van der Waals surface area (Å²) in [4.78, 5) is 0. The maximum atomic E-state index is 10.1. The van der Waals surface area contributed by atoms with Crippen LogP contribution in [-0.2, 0) is 0 Å². The van der Waals surface area contributed by atoms with Crippen LogP contribution in [0.3, 0.4) is 0 Å². The van der Waals surface area contributed by atoms with Gasteiger partial charge < -0.3 is 10.2 Å². The fourth-order valence-corrected chi connectivity index (χ4v) is 4.89. The second-order valence-electron chi connectivity index (χ2n) is 5.96. The molecule has 3 rings (SSSR count). The molecule has 2 heteroatoms. The van der Waals surface area contributed by atoms with Crippen molar-refractivity contribution in [1.29, 1.82) is 0 Å². The Bertz CT molecular complexity index is 253. The van der Waals surface area contributed by atoms with Gasteiger partial charge >= 0.3 is 0 Å². The predicted molar refractivity (Wildman–Crippen MR) is 53.7 cm³/mol. The highest BCUT2D eigenvalue weighted by molar-refractivity contribution is 5.17. The van der Waals surface area contributed by atoms with Crippen LogP contribution in [0.5, 0.6) is 0 Å². The quantitative estimate of drug-likeness (QED) is 0.619. The van der Waals surface area contributed by atoms with Crippen molar-refractivity contribution < 1.29 is 10.2 Å². The van der Waals surface area contributed by atoms with Crippen LogP contribution < -0.4 is 0 Å². The third-order valence-electron chi connectivity index (χ3n) is 5.24. The normalized spacial score (nSPS) is 61.5. The van der Waals surface area contributed by atoms with E-state index < -0.39 is 5.60 Å². The molecule has 3 fully saturated rings. The Morgan fingerprint density at radius 1 is 1.21 bits per heavy atom. The zero-order valence-electron chi connectivity index (χ0n) is 8.87. The van der Waals surface area contributed by atoms with Crippen molar-refractivity contribution in [2.45, 2.75) is 57.2 Å². The molecule has 2 N–H and O–H groups in total. The Balaban J connectivity index is 1.90. The minimum Gasteiger partial charge on any atom is -0.393 e. The van der Waals surface area contributed by atoms with Gasteiger partial charge in [-0.15, -0.1) is 0 Å². The van der Waals surface area contributed by atoms with Crippen LogP contribution in [0.1, 0.15) is 45.4 Å². The Morgan fingerprint density at radius 3 is 2.71 bits per heavy atom. The van der Waals surface area contributed by atoms with Gasteiger partial charge in [-0.2, -0.15) is 0 Å². The summed E-state index contributed by atoms with van der Waals surface area (Å²) in [5, 5.41) is 20.1. The lowest BCUT2D eigenvalue weighted by Gasteiger charge is -2.61. The first-order valence-electron chi connectivity index (χ1n) is 5.97. The van der Waals surface area contributed by atoms with Crippen molar-refractivity contribution in [2.75, 3.05) is 0 Å². The molecule has 3 aliphatic rings. The zero-order valence-corrected chi connectivity index (χ0v) is 8.87. The van der Waals surface area contributed by atoms with Gasteiger partial charge in [-0.1, -0.05) is 6.42 Å². The van der Waals surface area contributed by atoms with Gasteiger partial charge in [0.25, 0.3) is 0 Å². The third-order valence-corrected chi connectivity index (χ3v) is 5.24. The molecule has 0 heterocycles. The van der Waals surface area contributed by atoms with Crippen molar-refractivity contribution >= 4 is 0 Å². The molecular formula is C12H20O2. The minimum absolute atomic E-state index is 0.0788. The molecular weight excluding hydrogens is 176 g/mol. The summed E-state index contributed by atoms with van der Waals surface area (Å²) in [5.41, 5.74) is -0.0903. The van der Waals surface area contributed by atoms with Crippen LogP contribution in [-0.4, -0.2) is 21.9 Å². The van der Waals surface area contributed by atoms with Crippen LogP contribution >= 0.6 is 0 Å². The largest absolute Gasteiger partial charge is 0.393 e.